The smallest absolute Gasteiger partial charge is 0.308 e. The number of likely N-dealkylation sites (tertiary alicyclic amines) is 1. The van der Waals surface area contributed by atoms with E-state index >= 15 is 0 Å². The normalized spacial score (nSPS) is 22.9. The standard InChI is InChI=1S/C15H19N3O2S/c1-2-3-11-8-18(9-12(11)15(19)20)7-10-4-5-13-14(6-10)17-21-16-13/h4-6,11-12H,2-3,7-9H2,1H3,(H,19,20)/t11-,12-/m1/s1. The van der Waals surface area contributed by atoms with E-state index in [1.165, 1.54) is 17.3 Å². The van der Waals surface area contributed by atoms with Crippen LogP contribution in [0.3, 0.4) is 0 Å². The first kappa shape index (κ1) is 14.4. The van der Waals surface area contributed by atoms with Gasteiger partial charge in [-0.3, -0.25) is 9.69 Å². The van der Waals surface area contributed by atoms with Gasteiger partial charge in [-0.2, -0.15) is 8.75 Å². The highest BCUT2D eigenvalue weighted by Gasteiger charge is 2.36. The molecule has 2 aromatic rings. The molecule has 0 bridgehead atoms. The second-order valence-corrected chi connectivity index (χ2v) is 6.30. The van der Waals surface area contributed by atoms with Gasteiger partial charge in [0.25, 0.3) is 0 Å². The van der Waals surface area contributed by atoms with Crippen molar-refractivity contribution in [3.05, 3.63) is 23.8 Å². The average Bonchev–Trinajstić information content (AvgIpc) is 3.05. The molecule has 2 atom stereocenters. The molecule has 0 spiro atoms. The fourth-order valence-electron chi connectivity index (χ4n) is 3.22. The zero-order valence-electron chi connectivity index (χ0n) is 12.0. The third-order valence-corrected chi connectivity index (χ3v) is 4.77. The lowest BCUT2D eigenvalue weighted by Gasteiger charge is -2.15. The van der Waals surface area contributed by atoms with Crippen molar-refractivity contribution in [2.75, 3.05) is 13.1 Å². The molecule has 0 aliphatic carbocycles. The number of carbonyl (C=O) groups is 1. The van der Waals surface area contributed by atoms with E-state index in [1.54, 1.807) is 0 Å². The molecule has 0 unspecified atom stereocenters. The molecule has 3 rings (SSSR count). The van der Waals surface area contributed by atoms with Crippen LogP contribution in [0.1, 0.15) is 25.3 Å². The van der Waals surface area contributed by atoms with Gasteiger partial charge in [0.15, 0.2) is 0 Å². The maximum Gasteiger partial charge on any atom is 0.308 e. The Morgan fingerprint density at radius 1 is 1.38 bits per heavy atom. The number of hydrogen-bond donors (Lipinski definition) is 1. The van der Waals surface area contributed by atoms with Crippen LogP contribution in [0.4, 0.5) is 0 Å². The van der Waals surface area contributed by atoms with Crippen LogP contribution in [0.15, 0.2) is 18.2 Å². The monoisotopic (exact) mass is 305 g/mol. The van der Waals surface area contributed by atoms with Crippen molar-refractivity contribution >= 4 is 28.7 Å². The number of benzene rings is 1. The highest BCUT2D eigenvalue weighted by molar-refractivity contribution is 7.00. The van der Waals surface area contributed by atoms with Gasteiger partial charge >= 0.3 is 5.97 Å². The Morgan fingerprint density at radius 2 is 2.19 bits per heavy atom. The van der Waals surface area contributed by atoms with E-state index in [1.807, 2.05) is 6.07 Å². The van der Waals surface area contributed by atoms with Gasteiger partial charge < -0.3 is 5.11 Å². The Hall–Kier alpha value is -1.53. The minimum absolute atomic E-state index is 0.227. The fraction of sp³-hybridized carbons (Fsp3) is 0.533. The molecule has 5 nitrogen and oxygen atoms in total. The van der Waals surface area contributed by atoms with Crippen LogP contribution in [-0.4, -0.2) is 37.8 Å². The molecule has 1 saturated heterocycles. The van der Waals surface area contributed by atoms with Gasteiger partial charge in [-0.05, 0) is 30.0 Å². The molecule has 1 aliphatic heterocycles. The highest BCUT2D eigenvalue weighted by atomic mass is 32.1. The third kappa shape index (κ3) is 3.06. The average molecular weight is 305 g/mol. The van der Waals surface area contributed by atoms with E-state index in [9.17, 15) is 9.90 Å². The molecule has 1 aliphatic rings. The molecular formula is C15H19N3O2S. The van der Waals surface area contributed by atoms with E-state index in [0.29, 0.717) is 6.54 Å². The van der Waals surface area contributed by atoms with Crippen LogP contribution in [0.5, 0.6) is 0 Å². The van der Waals surface area contributed by atoms with E-state index in [-0.39, 0.29) is 11.8 Å². The summed E-state index contributed by atoms with van der Waals surface area (Å²) in [4.78, 5) is 13.6. The maximum atomic E-state index is 11.4. The Morgan fingerprint density at radius 3 is 2.95 bits per heavy atom. The lowest BCUT2D eigenvalue weighted by molar-refractivity contribution is -0.142. The quantitative estimate of drug-likeness (QED) is 0.920. The molecule has 21 heavy (non-hydrogen) atoms. The second kappa shape index (κ2) is 6.07. The Bertz CT molecular complexity index is 643. The van der Waals surface area contributed by atoms with Gasteiger partial charge in [0.2, 0.25) is 0 Å². The van der Waals surface area contributed by atoms with E-state index in [0.717, 1.165) is 37.0 Å². The fourth-order valence-corrected chi connectivity index (χ4v) is 3.73. The van der Waals surface area contributed by atoms with Crippen LogP contribution in [0, 0.1) is 11.8 Å². The largest absolute Gasteiger partial charge is 0.481 e. The molecule has 1 aromatic heterocycles. The van der Waals surface area contributed by atoms with Gasteiger partial charge in [-0.25, -0.2) is 0 Å². The van der Waals surface area contributed by atoms with Gasteiger partial charge in [0.1, 0.15) is 11.0 Å². The van der Waals surface area contributed by atoms with Crippen LogP contribution >= 0.6 is 11.7 Å². The summed E-state index contributed by atoms with van der Waals surface area (Å²) in [5.74, 6) is -0.609. The lowest BCUT2D eigenvalue weighted by atomic mass is 9.92. The molecule has 0 saturated carbocycles. The van der Waals surface area contributed by atoms with Crippen molar-refractivity contribution in [3.8, 4) is 0 Å². The molecular weight excluding hydrogens is 286 g/mol. The summed E-state index contributed by atoms with van der Waals surface area (Å²) in [5, 5.41) is 9.36. The Balaban J connectivity index is 1.71. The number of hydrogen-bond acceptors (Lipinski definition) is 5. The number of aliphatic carboxylic acids is 1. The molecule has 2 heterocycles. The van der Waals surface area contributed by atoms with Crippen molar-refractivity contribution in [3.63, 3.8) is 0 Å². The number of carboxylic acid groups (broad SMARTS) is 1. The van der Waals surface area contributed by atoms with Gasteiger partial charge in [0, 0.05) is 19.6 Å². The minimum Gasteiger partial charge on any atom is -0.481 e. The van der Waals surface area contributed by atoms with Crippen LogP contribution in [0.25, 0.3) is 11.0 Å². The van der Waals surface area contributed by atoms with Crippen molar-refractivity contribution in [2.45, 2.75) is 26.3 Å². The van der Waals surface area contributed by atoms with Crippen molar-refractivity contribution in [1.82, 2.24) is 13.6 Å². The zero-order valence-corrected chi connectivity index (χ0v) is 12.8. The van der Waals surface area contributed by atoms with E-state index < -0.39 is 5.97 Å². The summed E-state index contributed by atoms with van der Waals surface area (Å²) in [6, 6.07) is 6.11. The van der Waals surface area contributed by atoms with Crippen molar-refractivity contribution < 1.29 is 9.90 Å². The Kier molecular flexibility index (Phi) is 4.17. The minimum atomic E-state index is -0.657. The zero-order chi connectivity index (χ0) is 14.8. The summed E-state index contributed by atoms with van der Waals surface area (Å²) < 4.78 is 8.46. The number of fused-ring (bicyclic) bond motifs is 1. The van der Waals surface area contributed by atoms with E-state index in [4.69, 9.17) is 0 Å². The molecule has 6 heteroatoms. The van der Waals surface area contributed by atoms with Crippen molar-refractivity contribution in [2.24, 2.45) is 11.8 Å². The van der Waals surface area contributed by atoms with Crippen molar-refractivity contribution in [1.29, 1.82) is 0 Å². The highest BCUT2D eigenvalue weighted by Crippen LogP contribution is 2.29. The van der Waals surface area contributed by atoms with Crippen LogP contribution < -0.4 is 0 Å². The molecule has 112 valence electrons. The number of carboxylic acids is 1. The van der Waals surface area contributed by atoms with Crippen LogP contribution in [-0.2, 0) is 11.3 Å². The number of nitrogens with zero attached hydrogens (tertiary/aromatic N) is 3. The summed E-state index contributed by atoms with van der Waals surface area (Å²) in [5.41, 5.74) is 3.03. The molecule has 0 radical (unpaired) electrons. The second-order valence-electron chi connectivity index (χ2n) is 5.77. The molecule has 0 amide bonds. The first-order valence-electron chi connectivity index (χ1n) is 7.33. The maximum absolute atomic E-state index is 11.4. The summed E-state index contributed by atoms with van der Waals surface area (Å²) in [6.07, 6.45) is 2.03. The van der Waals surface area contributed by atoms with Crippen LogP contribution in [0.2, 0.25) is 0 Å². The predicted molar refractivity (Wildman–Crippen MR) is 82.2 cm³/mol. The topological polar surface area (TPSA) is 66.3 Å². The number of rotatable bonds is 5. The molecule has 1 fully saturated rings. The third-order valence-electron chi connectivity index (χ3n) is 4.22. The SMILES string of the molecule is CCC[C@@H]1CN(Cc2ccc3nsnc3c2)C[C@H]1C(=O)O. The first-order chi connectivity index (χ1) is 10.2. The number of aromatic nitrogens is 2. The summed E-state index contributed by atoms with van der Waals surface area (Å²) in [7, 11) is 0. The van der Waals surface area contributed by atoms with Gasteiger partial charge in [0.05, 0.1) is 17.6 Å². The summed E-state index contributed by atoms with van der Waals surface area (Å²) >= 11 is 1.22. The van der Waals surface area contributed by atoms with Gasteiger partial charge in [-0.1, -0.05) is 19.4 Å². The van der Waals surface area contributed by atoms with Gasteiger partial charge in [-0.15, -0.1) is 0 Å². The first-order valence-corrected chi connectivity index (χ1v) is 8.06. The molecule has 1 N–H and O–H groups in total. The van der Waals surface area contributed by atoms with E-state index in [2.05, 4.69) is 32.7 Å². The lowest BCUT2D eigenvalue weighted by Crippen LogP contribution is -2.23. The summed E-state index contributed by atoms with van der Waals surface area (Å²) in [6.45, 7) is 4.42. The Labute approximate surface area is 127 Å². The molecule has 1 aromatic carbocycles. The predicted octanol–water partition coefficient (Wildman–Crippen LogP) is 2.62.